The Hall–Kier alpha value is -0.630. The van der Waals surface area contributed by atoms with Gasteiger partial charge in [0.15, 0.2) is 0 Å². The van der Waals surface area contributed by atoms with E-state index in [0.717, 1.165) is 24.3 Å². The minimum atomic E-state index is -3.49. The highest BCUT2D eigenvalue weighted by Gasteiger charge is 2.19. The lowest BCUT2D eigenvalue weighted by molar-refractivity contribution is 0.476. The molecule has 1 aromatic rings. The van der Waals surface area contributed by atoms with Gasteiger partial charge in [0.05, 0.1) is 4.90 Å². The summed E-state index contributed by atoms with van der Waals surface area (Å²) in [6, 6.07) is 6.43. The van der Waals surface area contributed by atoms with E-state index < -0.39 is 10.0 Å². The van der Waals surface area contributed by atoms with Crippen molar-refractivity contribution in [2.24, 2.45) is 11.7 Å². The third-order valence-corrected chi connectivity index (χ3v) is 6.04. The van der Waals surface area contributed by atoms with Gasteiger partial charge >= 0.3 is 0 Å². The van der Waals surface area contributed by atoms with Crippen molar-refractivity contribution in [1.82, 2.24) is 4.72 Å². The summed E-state index contributed by atoms with van der Waals surface area (Å²) < 4.78 is 27.2. The minimum Gasteiger partial charge on any atom is -0.389 e. The van der Waals surface area contributed by atoms with Gasteiger partial charge < -0.3 is 5.73 Å². The van der Waals surface area contributed by atoms with Crippen molar-refractivity contribution in [3.63, 3.8) is 0 Å². The van der Waals surface area contributed by atoms with Crippen LogP contribution in [0.3, 0.4) is 0 Å². The normalized spacial score (nSPS) is 17.0. The van der Waals surface area contributed by atoms with Crippen molar-refractivity contribution < 1.29 is 8.42 Å². The molecule has 1 fully saturated rings. The van der Waals surface area contributed by atoms with E-state index in [1.54, 1.807) is 18.2 Å². The van der Waals surface area contributed by atoms with Crippen LogP contribution in [-0.2, 0) is 10.0 Å². The fourth-order valence-electron chi connectivity index (χ4n) is 2.08. The molecule has 1 aliphatic heterocycles. The Labute approximate surface area is 129 Å². The highest BCUT2D eigenvalue weighted by atomic mass is 32.2. The Bertz CT molecular complexity index is 581. The molecule has 2 rings (SSSR count). The van der Waals surface area contributed by atoms with Crippen LogP contribution >= 0.6 is 24.0 Å². The summed E-state index contributed by atoms with van der Waals surface area (Å²) in [6.45, 7) is 0.500. The van der Waals surface area contributed by atoms with Crippen molar-refractivity contribution in [3.05, 3.63) is 29.8 Å². The number of benzene rings is 1. The predicted molar refractivity (Wildman–Crippen MR) is 87.6 cm³/mol. The van der Waals surface area contributed by atoms with Gasteiger partial charge in [0.1, 0.15) is 4.99 Å². The number of nitrogens with one attached hydrogen (secondary N) is 1. The van der Waals surface area contributed by atoms with Crippen LogP contribution in [0.15, 0.2) is 29.2 Å². The van der Waals surface area contributed by atoms with Crippen molar-refractivity contribution in [1.29, 1.82) is 0 Å². The van der Waals surface area contributed by atoms with Crippen LogP contribution in [0.5, 0.6) is 0 Å². The standard InChI is InChI=1S/C13H18N2O2S3/c14-13(18)11-2-1-3-12(8-11)20(16,17)15-9-10-4-6-19-7-5-10/h1-3,8,10,15H,4-7,9H2,(H2,14,18). The topological polar surface area (TPSA) is 72.2 Å². The minimum absolute atomic E-state index is 0.200. The lowest BCUT2D eigenvalue weighted by Crippen LogP contribution is -2.31. The Morgan fingerprint density at radius 2 is 2.10 bits per heavy atom. The van der Waals surface area contributed by atoms with Gasteiger partial charge in [0.25, 0.3) is 0 Å². The summed E-state index contributed by atoms with van der Waals surface area (Å²) in [4.78, 5) is 0.416. The maximum absolute atomic E-state index is 12.2. The molecule has 0 unspecified atom stereocenters. The maximum atomic E-state index is 12.2. The van der Waals surface area contributed by atoms with Crippen LogP contribution in [0.1, 0.15) is 18.4 Å². The number of thiocarbonyl (C=S) groups is 1. The molecule has 0 spiro atoms. The summed E-state index contributed by atoms with van der Waals surface area (Å²) in [5.41, 5.74) is 6.10. The largest absolute Gasteiger partial charge is 0.389 e. The van der Waals surface area contributed by atoms with Crippen LogP contribution in [0.2, 0.25) is 0 Å². The molecule has 0 aromatic heterocycles. The van der Waals surface area contributed by atoms with Crippen LogP contribution in [-0.4, -0.2) is 31.5 Å². The summed E-state index contributed by atoms with van der Waals surface area (Å²) in [5, 5.41) is 0. The Balaban J connectivity index is 2.05. The lowest BCUT2D eigenvalue weighted by Gasteiger charge is -2.21. The Kier molecular flexibility index (Phi) is 5.42. The number of sulfonamides is 1. The molecule has 0 aliphatic carbocycles. The number of hydrogen-bond donors (Lipinski definition) is 2. The molecule has 1 aromatic carbocycles. The monoisotopic (exact) mass is 330 g/mol. The third-order valence-electron chi connectivity index (χ3n) is 3.33. The number of hydrogen-bond acceptors (Lipinski definition) is 4. The maximum Gasteiger partial charge on any atom is 0.240 e. The molecule has 110 valence electrons. The van der Waals surface area contributed by atoms with Crippen molar-refractivity contribution in [2.45, 2.75) is 17.7 Å². The van der Waals surface area contributed by atoms with E-state index in [2.05, 4.69) is 4.72 Å². The molecule has 4 nitrogen and oxygen atoms in total. The number of thioether (sulfide) groups is 1. The molecule has 0 saturated carbocycles. The quantitative estimate of drug-likeness (QED) is 0.805. The molecule has 0 amide bonds. The molecule has 1 saturated heterocycles. The smallest absolute Gasteiger partial charge is 0.240 e. The van der Waals surface area contributed by atoms with Gasteiger partial charge in [-0.3, -0.25) is 0 Å². The van der Waals surface area contributed by atoms with Crippen molar-refractivity contribution in [2.75, 3.05) is 18.1 Å². The zero-order chi connectivity index (χ0) is 14.6. The van der Waals surface area contributed by atoms with Crippen LogP contribution < -0.4 is 10.5 Å². The fraction of sp³-hybridized carbons (Fsp3) is 0.462. The molecule has 1 aliphatic rings. The van der Waals surface area contributed by atoms with E-state index in [9.17, 15) is 8.42 Å². The van der Waals surface area contributed by atoms with E-state index in [-0.39, 0.29) is 9.88 Å². The van der Waals surface area contributed by atoms with Crippen LogP contribution in [0.4, 0.5) is 0 Å². The Morgan fingerprint density at radius 1 is 1.40 bits per heavy atom. The van der Waals surface area contributed by atoms with Crippen molar-refractivity contribution >= 4 is 39.0 Å². The molecular formula is C13H18N2O2S3. The SMILES string of the molecule is NC(=S)c1cccc(S(=O)(=O)NCC2CCSCC2)c1. The van der Waals surface area contributed by atoms with Gasteiger partial charge in [0, 0.05) is 12.1 Å². The highest BCUT2D eigenvalue weighted by molar-refractivity contribution is 7.99. The van der Waals surface area contributed by atoms with Gasteiger partial charge in [-0.05, 0) is 42.4 Å². The lowest BCUT2D eigenvalue weighted by atomic mass is 10.0. The van der Waals surface area contributed by atoms with Gasteiger partial charge in [-0.15, -0.1) is 0 Å². The first kappa shape index (κ1) is 15.8. The average molecular weight is 331 g/mol. The van der Waals surface area contributed by atoms with E-state index in [1.807, 2.05) is 11.8 Å². The Morgan fingerprint density at radius 3 is 2.75 bits per heavy atom. The second-order valence-corrected chi connectivity index (χ2v) is 8.23. The summed E-state index contributed by atoms with van der Waals surface area (Å²) >= 11 is 6.80. The molecule has 1 heterocycles. The van der Waals surface area contributed by atoms with Gasteiger partial charge in [-0.25, -0.2) is 13.1 Å². The summed E-state index contributed by atoms with van der Waals surface area (Å²) in [7, 11) is -3.49. The zero-order valence-electron chi connectivity index (χ0n) is 11.0. The molecule has 0 radical (unpaired) electrons. The molecular weight excluding hydrogens is 312 g/mol. The molecule has 3 N–H and O–H groups in total. The molecule has 0 bridgehead atoms. The van der Waals surface area contributed by atoms with Gasteiger partial charge in [0.2, 0.25) is 10.0 Å². The zero-order valence-corrected chi connectivity index (χ0v) is 13.5. The van der Waals surface area contributed by atoms with Crippen LogP contribution in [0, 0.1) is 5.92 Å². The predicted octanol–water partition coefficient (Wildman–Crippen LogP) is 1.74. The number of rotatable bonds is 5. The van der Waals surface area contributed by atoms with Crippen LogP contribution in [0.25, 0.3) is 0 Å². The second-order valence-electron chi connectivity index (χ2n) is 4.80. The van der Waals surface area contributed by atoms with E-state index in [1.165, 1.54) is 6.07 Å². The molecule has 20 heavy (non-hydrogen) atoms. The fourth-order valence-corrected chi connectivity index (χ4v) is 4.57. The molecule has 0 atom stereocenters. The first-order valence-corrected chi connectivity index (χ1v) is 9.51. The van der Waals surface area contributed by atoms with E-state index in [4.69, 9.17) is 18.0 Å². The first-order chi connectivity index (χ1) is 9.49. The highest BCUT2D eigenvalue weighted by Crippen LogP contribution is 2.22. The summed E-state index contributed by atoms with van der Waals surface area (Å²) in [5.74, 6) is 2.66. The van der Waals surface area contributed by atoms with E-state index in [0.29, 0.717) is 18.0 Å². The number of nitrogens with two attached hydrogens (primary N) is 1. The summed E-state index contributed by atoms with van der Waals surface area (Å²) in [6.07, 6.45) is 2.14. The average Bonchev–Trinajstić information content (AvgIpc) is 2.46. The second kappa shape index (κ2) is 6.89. The van der Waals surface area contributed by atoms with Crippen molar-refractivity contribution in [3.8, 4) is 0 Å². The van der Waals surface area contributed by atoms with Gasteiger partial charge in [-0.1, -0.05) is 24.4 Å². The molecule has 7 heteroatoms. The first-order valence-electron chi connectivity index (χ1n) is 6.46. The van der Waals surface area contributed by atoms with E-state index >= 15 is 0 Å². The third kappa shape index (κ3) is 4.18. The van der Waals surface area contributed by atoms with Gasteiger partial charge in [-0.2, -0.15) is 11.8 Å².